The fourth-order valence-electron chi connectivity index (χ4n) is 3.55. The van der Waals surface area contributed by atoms with Crippen molar-refractivity contribution in [2.45, 2.75) is 39.2 Å². The van der Waals surface area contributed by atoms with Gasteiger partial charge >= 0.3 is 0 Å². The first-order chi connectivity index (χ1) is 14.4. The van der Waals surface area contributed by atoms with Gasteiger partial charge in [-0.2, -0.15) is 0 Å². The number of fused-ring (bicyclic) bond motifs is 2. The van der Waals surface area contributed by atoms with Crippen LogP contribution < -0.4 is 11.1 Å². The molecule has 0 bridgehead atoms. The molecule has 0 unspecified atom stereocenters. The van der Waals surface area contributed by atoms with Gasteiger partial charge in [0.25, 0.3) is 0 Å². The third kappa shape index (κ3) is 5.64. The van der Waals surface area contributed by atoms with Gasteiger partial charge in [0.1, 0.15) is 34.4 Å². The molecule has 8 heteroatoms. The van der Waals surface area contributed by atoms with E-state index in [1.165, 1.54) is 0 Å². The maximum Gasteiger partial charge on any atom is 0.135 e. The molecule has 0 aliphatic heterocycles. The van der Waals surface area contributed by atoms with Crippen LogP contribution in [0.4, 0.5) is 0 Å². The SMILES string of the molecule is CC(C)NC(=N)c1ccc2cc(CCCc3cc4ccc(C(=N)N)cc4o3)oc2c1.Cl.Cl. The Morgan fingerprint density at radius 1 is 0.844 bits per heavy atom. The van der Waals surface area contributed by atoms with Crippen LogP contribution in [0.2, 0.25) is 0 Å². The average Bonchev–Trinajstić information content (AvgIpc) is 3.28. The first kappa shape index (κ1) is 25.3. The van der Waals surface area contributed by atoms with Gasteiger partial charge in [0.2, 0.25) is 0 Å². The van der Waals surface area contributed by atoms with Gasteiger partial charge in [0.15, 0.2) is 0 Å². The van der Waals surface area contributed by atoms with Crippen molar-refractivity contribution in [2.75, 3.05) is 0 Å². The van der Waals surface area contributed by atoms with E-state index < -0.39 is 0 Å². The maximum atomic E-state index is 8.15. The molecule has 170 valence electrons. The first-order valence-electron chi connectivity index (χ1n) is 10.1. The molecule has 6 nitrogen and oxygen atoms in total. The Morgan fingerprint density at radius 3 is 1.84 bits per heavy atom. The smallest absolute Gasteiger partial charge is 0.135 e. The number of hydrogen-bond acceptors (Lipinski definition) is 4. The van der Waals surface area contributed by atoms with E-state index >= 15 is 0 Å². The Balaban J connectivity index is 0.00000181. The summed E-state index contributed by atoms with van der Waals surface area (Å²) in [6, 6.07) is 15.8. The zero-order valence-electron chi connectivity index (χ0n) is 18.0. The number of nitrogens with one attached hydrogen (secondary N) is 3. The number of aryl methyl sites for hydroxylation is 2. The summed E-state index contributed by atoms with van der Waals surface area (Å²) in [5.74, 6) is 2.29. The highest BCUT2D eigenvalue weighted by Gasteiger charge is 2.10. The third-order valence-corrected chi connectivity index (χ3v) is 5.02. The van der Waals surface area contributed by atoms with Gasteiger partial charge in [0.05, 0.1) is 0 Å². The molecule has 2 aromatic carbocycles. The molecule has 0 spiro atoms. The number of nitrogens with two attached hydrogens (primary N) is 1. The second-order valence-electron chi connectivity index (χ2n) is 7.87. The Kier molecular flexibility index (Phi) is 8.36. The summed E-state index contributed by atoms with van der Waals surface area (Å²) in [5.41, 5.74) is 8.60. The lowest BCUT2D eigenvalue weighted by molar-refractivity contribution is 0.510. The van der Waals surface area contributed by atoms with E-state index in [9.17, 15) is 0 Å². The Hall–Kier alpha value is -2.96. The lowest BCUT2D eigenvalue weighted by atomic mass is 10.1. The fourth-order valence-corrected chi connectivity index (χ4v) is 3.55. The molecule has 4 rings (SSSR count). The van der Waals surface area contributed by atoms with E-state index in [-0.39, 0.29) is 36.7 Å². The Morgan fingerprint density at radius 2 is 1.34 bits per heavy atom. The lowest BCUT2D eigenvalue weighted by Crippen LogP contribution is -2.30. The van der Waals surface area contributed by atoms with Crippen molar-refractivity contribution in [3.05, 3.63) is 71.2 Å². The molecule has 0 atom stereocenters. The highest BCUT2D eigenvalue weighted by atomic mass is 35.5. The maximum absolute atomic E-state index is 8.15. The summed E-state index contributed by atoms with van der Waals surface area (Å²) in [5, 5.41) is 20.9. The van der Waals surface area contributed by atoms with Crippen LogP contribution in [-0.4, -0.2) is 17.7 Å². The summed E-state index contributed by atoms with van der Waals surface area (Å²) in [6.07, 6.45) is 2.51. The highest BCUT2D eigenvalue weighted by molar-refractivity contribution is 5.99. The van der Waals surface area contributed by atoms with Crippen molar-refractivity contribution in [3.63, 3.8) is 0 Å². The topological polar surface area (TPSA) is 112 Å². The van der Waals surface area contributed by atoms with Crippen molar-refractivity contribution in [2.24, 2.45) is 5.73 Å². The van der Waals surface area contributed by atoms with Crippen LogP contribution >= 0.6 is 24.8 Å². The van der Waals surface area contributed by atoms with Gasteiger partial charge in [0, 0.05) is 40.8 Å². The summed E-state index contributed by atoms with van der Waals surface area (Å²) in [4.78, 5) is 0. The molecule has 0 fully saturated rings. The minimum atomic E-state index is 0. The standard InChI is InChI=1S/C24H26N4O2.2ClH/c1-14(2)28-24(27)18-9-7-16-11-20(30-22(16)13-18)5-3-4-19-10-15-6-8-17(23(25)26)12-21(15)29-19;;/h6-14H,3-5H2,1-2H3,(H3,25,26)(H2,27,28);2*1H. The van der Waals surface area contributed by atoms with Crippen molar-refractivity contribution in [3.8, 4) is 0 Å². The molecule has 0 aliphatic rings. The predicted octanol–water partition coefficient (Wildman–Crippen LogP) is 5.81. The van der Waals surface area contributed by atoms with E-state index in [4.69, 9.17) is 25.4 Å². The number of nitrogen functional groups attached to an aromatic ring is 1. The number of benzene rings is 2. The summed E-state index contributed by atoms with van der Waals surface area (Å²) >= 11 is 0. The van der Waals surface area contributed by atoms with Crippen molar-refractivity contribution >= 4 is 58.4 Å². The van der Waals surface area contributed by atoms with Gasteiger partial charge < -0.3 is 19.9 Å². The molecule has 0 aliphatic carbocycles. The summed E-state index contributed by atoms with van der Waals surface area (Å²) in [6.45, 7) is 4.03. The van der Waals surface area contributed by atoms with Crippen LogP contribution in [0.15, 0.2) is 57.4 Å². The molecule has 2 aromatic heterocycles. The zero-order valence-corrected chi connectivity index (χ0v) is 19.7. The number of furan rings is 2. The van der Waals surface area contributed by atoms with Crippen molar-refractivity contribution in [1.29, 1.82) is 10.8 Å². The van der Waals surface area contributed by atoms with Crippen LogP contribution in [0.5, 0.6) is 0 Å². The highest BCUT2D eigenvalue weighted by Crippen LogP contribution is 2.24. The number of hydrogen-bond donors (Lipinski definition) is 4. The minimum Gasteiger partial charge on any atom is -0.461 e. The van der Waals surface area contributed by atoms with E-state index in [0.29, 0.717) is 11.4 Å². The van der Waals surface area contributed by atoms with Crippen LogP contribution in [0.3, 0.4) is 0 Å². The largest absolute Gasteiger partial charge is 0.461 e. The van der Waals surface area contributed by atoms with Gasteiger partial charge in [-0.05, 0) is 44.5 Å². The van der Waals surface area contributed by atoms with Gasteiger partial charge in [-0.3, -0.25) is 10.8 Å². The first-order valence-corrected chi connectivity index (χ1v) is 10.1. The van der Waals surface area contributed by atoms with E-state index in [2.05, 4.69) is 11.4 Å². The van der Waals surface area contributed by atoms with Gasteiger partial charge in [-0.1, -0.05) is 24.3 Å². The fraction of sp³-hybridized carbons (Fsp3) is 0.250. The molecular formula is C24H28Cl2N4O2. The second kappa shape index (κ2) is 10.6. The lowest BCUT2D eigenvalue weighted by Gasteiger charge is -2.10. The molecule has 5 N–H and O–H groups in total. The van der Waals surface area contributed by atoms with E-state index in [1.807, 2.05) is 56.3 Å². The Labute approximate surface area is 199 Å². The molecule has 2 heterocycles. The molecule has 0 saturated carbocycles. The van der Waals surface area contributed by atoms with Crippen LogP contribution in [-0.2, 0) is 12.8 Å². The predicted molar refractivity (Wildman–Crippen MR) is 135 cm³/mol. The number of amidine groups is 2. The minimum absolute atomic E-state index is 0. The van der Waals surface area contributed by atoms with Crippen molar-refractivity contribution < 1.29 is 8.83 Å². The molecule has 0 saturated heterocycles. The van der Waals surface area contributed by atoms with Gasteiger partial charge in [-0.25, -0.2) is 0 Å². The number of rotatable bonds is 7. The quantitative estimate of drug-likeness (QED) is 0.200. The van der Waals surface area contributed by atoms with E-state index in [1.54, 1.807) is 0 Å². The zero-order chi connectivity index (χ0) is 21.3. The summed E-state index contributed by atoms with van der Waals surface area (Å²) < 4.78 is 11.9. The molecule has 0 radical (unpaired) electrons. The monoisotopic (exact) mass is 474 g/mol. The molecule has 4 aromatic rings. The van der Waals surface area contributed by atoms with Crippen LogP contribution in [0, 0.1) is 10.8 Å². The average molecular weight is 475 g/mol. The van der Waals surface area contributed by atoms with E-state index in [0.717, 1.165) is 58.3 Å². The molecular weight excluding hydrogens is 447 g/mol. The third-order valence-electron chi connectivity index (χ3n) is 5.02. The van der Waals surface area contributed by atoms with Crippen LogP contribution in [0.1, 0.15) is 42.9 Å². The van der Waals surface area contributed by atoms with Gasteiger partial charge in [-0.15, -0.1) is 24.8 Å². The van der Waals surface area contributed by atoms with Crippen LogP contribution in [0.25, 0.3) is 21.9 Å². The van der Waals surface area contributed by atoms with Crippen molar-refractivity contribution in [1.82, 2.24) is 5.32 Å². The molecule has 0 amide bonds. The number of halogens is 2. The molecule has 32 heavy (non-hydrogen) atoms. The summed E-state index contributed by atoms with van der Waals surface area (Å²) in [7, 11) is 0. The normalized spacial score (nSPS) is 10.7. The Bertz CT molecular complexity index is 1240. The second-order valence-corrected chi connectivity index (χ2v) is 7.87.